The van der Waals surface area contributed by atoms with E-state index in [0.29, 0.717) is 18.4 Å². The van der Waals surface area contributed by atoms with Crippen LogP contribution in [-0.2, 0) is 19.4 Å². The number of fused-ring (bicyclic) bond motifs is 1. The van der Waals surface area contributed by atoms with Gasteiger partial charge < -0.3 is 15.4 Å². The number of benzene rings is 1. The van der Waals surface area contributed by atoms with Gasteiger partial charge in [-0.1, -0.05) is 43.7 Å². The van der Waals surface area contributed by atoms with Gasteiger partial charge in [0.25, 0.3) is 0 Å². The third kappa shape index (κ3) is 5.63. The van der Waals surface area contributed by atoms with Gasteiger partial charge in [-0.15, -0.1) is 0 Å². The molecule has 6 nitrogen and oxygen atoms in total. The van der Waals surface area contributed by atoms with Crippen LogP contribution in [0, 0.1) is 0 Å². The fourth-order valence-electron chi connectivity index (χ4n) is 4.30. The van der Waals surface area contributed by atoms with Crippen LogP contribution in [-0.4, -0.2) is 59.6 Å². The normalized spacial score (nSPS) is 17.3. The number of rotatable bonds is 8. The molecule has 1 aliphatic heterocycles. The zero-order valence-corrected chi connectivity index (χ0v) is 18.9. The Balaban J connectivity index is 1.39. The second-order valence-corrected chi connectivity index (χ2v) is 8.78. The molecule has 0 unspecified atom stereocenters. The van der Waals surface area contributed by atoms with E-state index in [1.54, 1.807) is 0 Å². The SMILES string of the molecule is CCCCOc1nc(N)c2c(n1)C(Cc1ccc(CN3CCCN(C)CC3)cc1)=CC2. The van der Waals surface area contributed by atoms with Gasteiger partial charge >= 0.3 is 6.01 Å². The zero-order valence-electron chi connectivity index (χ0n) is 18.9. The highest BCUT2D eigenvalue weighted by Gasteiger charge is 2.21. The van der Waals surface area contributed by atoms with Crippen molar-refractivity contribution in [2.45, 2.75) is 45.6 Å². The minimum absolute atomic E-state index is 0.399. The van der Waals surface area contributed by atoms with Crippen molar-refractivity contribution in [2.75, 3.05) is 45.6 Å². The van der Waals surface area contributed by atoms with E-state index < -0.39 is 0 Å². The van der Waals surface area contributed by atoms with E-state index in [-0.39, 0.29) is 0 Å². The van der Waals surface area contributed by atoms with Gasteiger partial charge in [-0.2, -0.15) is 9.97 Å². The van der Waals surface area contributed by atoms with Gasteiger partial charge in [-0.25, -0.2) is 0 Å². The number of nitrogens with two attached hydrogens (primary N) is 1. The van der Waals surface area contributed by atoms with Crippen molar-refractivity contribution in [1.82, 2.24) is 19.8 Å². The summed E-state index contributed by atoms with van der Waals surface area (Å²) in [6.07, 6.45) is 7.20. The van der Waals surface area contributed by atoms with Crippen LogP contribution in [0.4, 0.5) is 5.82 Å². The number of hydrogen-bond acceptors (Lipinski definition) is 6. The van der Waals surface area contributed by atoms with Gasteiger partial charge in [0.1, 0.15) is 5.82 Å². The van der Waals surface area contributed by atoms with Gasteiger partial charge in [-0.3, -0.25) is 4.90 Å². The van der Waals surface area contributed by atoms with Crippen LogP contribution in [0.15, 0.2) is 30.3 Å². The zero-order chi connectivity index (χ0) is 21.6. The first kappa shape index (κ1) is 21.8. The minimum Gasteiger partial charge on any atom is -0.463 e. The Morgan fingerprint density at radius 3 is 2.65 bits per heavy atom. The van der Waals surface area contributed by atoms with Gasteiger partial charge in [-0.05, 0) is 62.5 Å². The first-order chi connectivity index (χ1) is 15.1. The van der Waals surface area contributed by atoms with Gasteiger partial charge in [0.05, 0.1) is 12.3 Å². The summed E-state index contributed by atoms with van der Waals surface area (Å²) in [7, 11) is 2.22. The lowest BCUT2D eigenvalue weighted by Gasteiger charge is -2.20. The van der Waals surface area contributed by atoms with Crippen molar-refractivity contribution in [3.8, 4) is 6.01 Å². The molecule has 0 radical (unpaired) electrons. The number of ether oxygens (including phenoxy) is 1. The largest absolute Gasteiger partial charge is 0.463 e. The summed E-state index contributed by atoms with van der Waals surface area (Å²) in [5.41, 5.74) is 12.1. The molecule has 1 aliphatic carbocycles. The van der Waals surface area contributed by atoms with E-state index in [1.165, 1.54) is 36.2 Å². The van der Waals surface area contributed by atoms with Crippen molar-refractivity contribution >= 4 is 11.4 Å². The highest BCUT2D eigenvalue weighted by molar-refractivity contribution is 5.75. The summed E-state index contributed by atoms with van der Waals surface area (Å²) in [5, 5.41) is 0. The lowest BCUT2D eigenvalue weighted by Crippen LogP contribution is -2.28. The van der Waals surface area contributed by atoms with Crippen LogP contribution in [0.1, 0.15) is 48.6 Å². The van der Waals surface area contributed by atoms with E-state index in [1.807, 2.05) is 0 Å². The van der Waals surface area contributed by atoms with Gasteiger partial charge in [0, 0.05) is 25.2 Å². The molecule has 0 amide bonds. The predicted octanol–water partition coefficient (Wildman–Crippen LogP) is 3.56. The predicted molar refractivity (Wildman–Crippen MR) is 126 cm³/mol. The van der Waals surface area contributed by atoms with Crippen molar-refractivity contribution in [1.29, 1.82) is 0 Å². The maximum absolute atomic E-state index is 6.19. The molecule has 2 N–H and O–H groups in total. The average molecular weight is 422 g/mol. The average Bonchev–Trinajstić information content (AvgIpc) is 3.05. The fraction of sp³-hybridized carbons (Fsp3) is 0.520. The van der Waals surface area contributed by atoms with Gasteiger partial charge in [0.15, 0.2) is 0 Å². The molecular weight excluding hydrogens is 386 g/mol. The molecule has 2 aliphatic rings. The summed E-state index contributed by atoms with van der Waals surface area (Å²) in [6.45, 7) is 8.47. The Morgan fingerprint density at radius 1 is 1.03 bits per heavy atom. The molecule has 1 saturated heterocycles. The molecule has 1 aromatic carbocycles. The number of unbranched alkanes of at least 4 members (excludes halogenated alkanes) is 1. The number of nitrogens with zero attached hydrogens (tertiary/aromatic N) is 4. The molecule has 4 rings (SSSR count). The van der Waals surface area contributed by atoms with Crippen LogP contribution < -0.4 is 10.5 Å². The molecule has 1 fully saturated rings. The number of hydrogen-bond donors (Lipinski definition) is 1. The number of likely N-dealkylation sites (N-methyl/N-ethyl adjacent to an activating group) is 1. The Morgan fingerprint density at radius 2 is 1.84 bits per heavy atom. The van der Waals surface area contributed by atoms with Crippen molar-refractivity contribution in [3.05, 3.63) is 52.7 Å². The van der Waals surface area contributed by atoms with Crippen molar-refractivity contribution in [3.63, 3.8) is 0 Å². The maximum atomic E-state index is 6.19. The highest BCUT2D eigenvalue weighted by atomic mass is 16.5. The molecule has 0 atom stereocenters. The molecule has 0 bridgehead atoms. The number of anilines is 1. The lowest BCUT2D eigenvalue weighted by molar-refractivity contribution is 0.269. The van der Waals surface area contributed by atoms with E-state index in [0.717, 1.165) is 56.6 Å². The van der Waals surface area contributed by atoms with E-state index in [4.69, 9.17) is 10.5 Å². The minimum atomic E-state index is 0.399. The molecule has 1 aromatic heterocycles. The third-order valence-corrected chi connectivity index (χ3v) is 6.24. The summed E-state index contributed by atoms with van der Waals surface area (Å²) < 4.78 is 5.72. The summed E-state index contributed by atoms with van der Waals surface area (Å²) in [4.78, 5) is 14.0. The number of allylic oxidation sites excluding steroid dienone is 2. The Kier molecular flexibility index (Phi) is 7.20. The molecule has 2 heterocycles. The third-order valence-electron chi connectivity index (χ3n) is 6.24. The summed E-state index contributed by atoms with van der Waals surface area (Å²) >= 11 is 0. The van der Waals surface area contributed by atoms with E-state index in [2.05, 4.69) is 64.1 Å². The first-order valence-corrected chi connectivity index (χ1v) is 11.6. The molecule has 166 valence electrons. The molecule has 2 aromatic rings. The van der Waals surface area contributed by atoms with Crippen LogP contribution in [0.25, 0.3) is 5.57 Å². The maximum Gasteiger partial charge on any atom is 0.318 e. The quantitative estimate of drug-likeness (QED) is 0.658. The fourth-order valence-corrected chi connectivity index (χ4v) is 4.30. The number of aromatic nitrogens is 2. The molecule has 6 heteroatoms. The first-order valence-electron chi connectivity index (χ1n) is 11.6. The van der Waals surface area contributed by atoms with Crippen molar-refractivity contribution < 1.29 is 4.74 Å². The van der Waals surface area contributed by atoms with Crippen LogP contribution in [0.2, 0.25) is 0 Å². The topological polar surface area (TPSA) is 67.5 Å². The Labute approximate surface area is 186 Å². The standard InChI is InChI=1S/C25H35N5O/c1-3-4-16-31-25-27-23-21(10-11-22(23)24(26)28-25)17-19-6-8-20(9-7-19)18-30-13-5-12-29(2)14-15-30/h6-10H,3-5,11-18H2,1-2H3,(H2,26,27,28). The molecular formula is C25H35N5O. The van der Waals surface area contributed by atoms with Gasteiger partial charge in [0.2, 0.25) is 0 Å². The van der Waals surface area contributed by atoms with E-state index >= 15 is 0 Å². The summed E-state index contributed by atoms with van der Waals surface area (Å²) in [6, 6.07) is 9.45. The number of nitrogen functional groups attached to an aromatic ring is 1. The van der Waals surface area contributed by atoms with Crippen LogP contribution in [0.3, 0.4) is 0 Å². The smallest absolute Gasteiger partial charge is 0.318 e. The Bertz CT molecular complexity index is 909. The molecule has 31 heavy (non-hydrogen) atoms. The molecule has 0 spiro atoms. The van der Waals surface area contributed by atoms with Crippen LogP contribution >= 0.6 is 0 Å². The Hall–Kier alpha value is -2.44. The monoisotopic (exact) mass is 421 g/mol. The molecule has 0 saturated carbocycles. The van der Waals surface area contributed by atoms with Crippen LogP contribution in [0.5, 0.6) is 6.01 Å². The highest BCUT2D eigenvalue weighted by Crippen LogP contribution is 2.32. The summed E-state index contributed by atoms with van der Waals surface area (Å²) in [5.74, 6) is 0.543. The van der Waals surface area contributed by atoms with Crippen molar-refractivity contribution in [2.24, 2.45) is 0 Å². The second-order valence-electron chi connectivity index (χ2n) is 8.78. The van der Waals surface area contributed by atoms with E-state index in [9.17, 15) is 0 Å². The second kappa shape index (κ2) is 10.2. The lowest BCUT2D eigenvalue weighted by atomic mass is 10.0.